The van der Waals surface area contributed by atoms with Crippen molar-refractivity contribution in [2.24, 2.45) is 0 Å². The first-order chi connectivity index (χ1) is 10.1. The van der Waals surface area contributed by atoms with Crippen LogP contribution >= 0.6 is 0 Å². The fourth-order valence-corrected chi connectivity index (χ4v) is 2.17. The van der Waals surface area contributed by atoms with Crippen molar-refractivity contribution in [3.63, 3.8) is 0 Å². The highest BCUT2D eigenvalue weighted by Gasteiger charge is 2.17. The van der Waals surface area contributed by atoms with Crippen molar-refractivity contribution in [2.45, 2.75) is 13.3 Å². The zero-order chi connectivity index (χ0) is 15.2. The van der Waals surface area contributed by atoms with Crippen LogP contribution < -0.4 is 5.32 Å². The van der Waals surface area contributed by atoms with Crippen LogP contribution in [0.15, 0.2) is 18.2 Å². The maximum absolute atomic E-state index is 13.8. The van der Waals surface area contributed by atoms with Gasteiger partial charge >= 0.3 is 0 Å². The van der Waals surface area contributed by atoms with E-state index in [9.17, 15) is 14.0 Å². The summed E-state index contributed by atoms with van der Waals surface area (Å²) in [6.45, 7) is 4.06. The Balaban J connectivity index is 1.81. The number of morpholine rings is 1. The van der Waals surface area contributed by atoms with E-state index >= 15 is 0 Å². The highest BCUT2D eigenvalue weighted by Crippen LogP contribution is 2.11. The van der Waals surface area contributed by atoms with Crippen molar-refractivity contribution in [3.8, 4) is 0 Å². The second-order valence-corrected chi connectivity index (χ2v) is 4.94. The van der Waals surface area contributed by atoms with Crippen molar-refractivity contribution in [1.82, 2.24) is 10.2 Å². The standard InChI is InChI=1S/C15H19FN2O3/c1-11-3-2-4-12(14(11)16)15(20)17-6-5-13(19)18-7-9-21-10-8-18/h2-4H,5-10H2,1H3,(H,17,20). The molecule has 1 fully saturated rings. The molecule has 0 bridgehead atoms. The van der Waals surface area contributed by atoms with E-state index in [0.29, 0.717) is 31.9 Å². The number of nitrogens with one attached hydrogen (secondary N) is 1. The Morgan fingerprint density at radius 3 is 2.76 bits per heavy atom. The highest BCUT2D eigenvalue weighted by molar-refractivity contribution is 5.94. The lowest BCUT2D eigenvalue weighted by Crippen LogP contribution is -2.42. The van der Waals surface area contributed by atoms with Gasteiger partial charge < -0.3 is 15.0 Å². The van der Waals surface area contributed by atoms with Gasteiger partial charge in [-0.2, -0.15) is 0 Å². The Kier molecular flexibility index (Phi) is 5.27. The van der Waals surface area contributed by atoms with Gasteiger partial charge in [-0.3, -0.25) is 9.59 Å². The molecule has 1 heterocycles. The van der Waals surface area contributed by atoms with Gasteiger partial charge in [0.15, 0.2) is 0 Å². The lowest BCUT2D eigenvalue weighted by atomic mass is 10.1. The average molecular weight is 294 g/mol. The van der Waals surface area contributed by atoms with E-state index < -0.39 is 11.7 Å². The number of hydrogen-bond donors (Lipinski definition) is 1. The molecule has 6 heteroatoms. The summed E-state index contributed by atoms with van der Waals surface area (Å²) in [7, 11) is 0. The van der Waals surface area contributed by atoms with E-state index in [1.54, 1.807) is 24.0 Å². The van der Waals surface area contributed by atoms with Crippen molar-refractivity contribution < 1.29 is 18.7 Å². The minimum absolute atomic E-state index is 0.00817. The Bertz CT molecular complexity index is 528. The molecule has 1 aromatic carbocycles. The molecule has 0 saturated carbocycles. The largest absolute Gasteiger partial charge is 0.378 e. The van der Waals surface area contributed by atoms with Gasteiger partial charge in [0.05, 0.1) is 18.8 Å². The topological polar surface area (TPSA) is 58.6 Å². The number of rotatable bonds is 4. The van der Waals surface area contributed by atoms with Crippen molar-refractivity contribution in [1.29, 1.82) is 0 Å². The molecular weight excluding hydrogens is 275 g/mol. The normalized spacial score (nSPS) is 14.9. The van der Waals surface area contributed by atoms with Gasteiger partial charge in [-0.15, -0.1) is 0 Å². The van der Waals surface area contributed by atoms with Gasteiger partial charge in [0.25, 0.3) is 5.91 Å². The summed E-state index contributed by atoms with van der Waals surface area (Å²) < 4.78 is 18.9. The second kappa shape index (κ2) is 7.17. The van der Waals surface area contributed by atoms with Crippen LogP contribution in [-0.4, -0.2) is 49.6 Å². The lowest BCUT2D eigenvalue weighted by Gasteiger charge is -2.26. The van der Waals surface area contributed by atoms with Crippen molar-refractivity contribution in [2.75, 3.05) is 32.8 Å². The molecule has 114 valence electrons. The third-order valence-electron chi connectivity index (χ3n) is 3.42. The molecule has 2 rings (SSSR count). The monoisotopic (exact) mass is 294 g/mol. The Morgan fingerprint density at radius 2 is 2.05 bits per heavy atom. The summed E-state index contributed by atoms with van der Waals surface area (Å²) in [5, 5.41) is 2.58. The van der Waals surface area contributed by atoms with Crippen LogP contribution in [0.1, 0.15) is 22.3 Å². The van der Waals surface area contributed by atoms with Crippen LogP contribution in [0.5, 0.6) is 0 Å². The zero-order valence-electron chi connectivity index (χ0n) is 12.0. The molecule has 21 heavy (non-hydrogen) atoms. The van der Waals surface area contributed by atoms with E-state index in [2.05, 4.69) is 5.32 Å². The van der Waals surface area contributed by atoms with Gasteiger partial charge in [0, 0.05) is 26.1 Å². The third-order valence-corrected chi connectivity index (χ3v) is 3.42. The lowest BCUT2D eigenvalue weighted by molar-refractivity contribution is -0.135. The number of aryl methyl sites for hydroxylation is 1. The molecule has 0 unspecified atom stereocenters. The Labute approximate surface area is 123 Å². The fourth-order valence-electron chi connectivity index (χ4n) is 2.17. The minimum atomic E-state index is -0.519. The van der Waals surface area contributed by atoms with E-state index in [0.717, 1.165) is 0 Å². The molecule has 1 N–H and O–H groups in total. The number of hydrogen-bond acceptors (Lipinski definition) is 3. The summed E-state index contributed by atoms with van der Waals surface area (Å²) in [5.74, 6) is -1.04. The number of benzene rings is 1. The van der Waals surface area contributed by atoms with Crippen molar-refractivity contribution >= 4 is 11.8 Å². The predicted molar refractivity (Wildman–Crippen MR) is 75.5 cm³/mol. The SMILES string of the molecule is Cc1cccc(C(=O)NCCC(=O)N2CCOCC2)c1F. The fraction of sp³-hybridized carbons (Fsp3) is 0.467. The van der Waals surface area contributed by atoms with Gasteiger partial charge in [0.2, 0.25) is 5.91 Å². The van der Waals surface area contributed by atoms with Crippen molar-refractivity contribution in [3.05, 3.63) is 35.1 Å². The third kappa shape index (κ3) is 4.01. The maximum Gasteiger partial charge on any atom is 0.254 e. The van der Waals surface area contributed by atoms with Crippen LogP contribution in [0.2, 0.25) is 0 Å². The van der Waals surface area contributed by atoms with Gasteiger partial charge in [-0.25, -0.2) is 4.39 Å². The summed E-state index contributed by atoms with van der Waals surface area (Å²) >= 11 is 0. The Morgan fingerprint density at radius 1 is 1.33 bits per heavy atom. The number of nitrogens with zero attached hydrogens (tertiary/aromatic N) is 1. The molecule has 0 aromatic heterocycles. The number of carbonyl (C=O) groups is 2. The molecule has 0 radical (unpaired) electrons. The molecule has 2 amide bonds. The molecule has 1 saturated heterocycles. The second-order valence-electron chi connectivity index (χ2n) is 4.94. The zero-order valence-corrected chi connectivity index (χ0v) is 12.0. The smallest absolute Gasteiger partial charge is 0.254 e. The maximum atomic E-state index is 13.8. The number of amides is 2. The summed E-state index contributed by atoms with van der Waals surface area (Å²) in [5.41, 5.74) is 0.431. The van der Waals surface area contributed by atoms with E-state index in [1.165, 1.54) is 6.07 Å². The molecule has 1 aromatic rings. The molecular formula is C15H19FN2O3. The van der Waals surface area contributed by atoms with Crippen LogP contribution in [-0.2, 0) is 9.53 Å². The first-order valence-electron chi connectivity index (χ1n) is 6.98. The molecule has 5 nitrogen and oxygen atoms in total. The van der Waals surface area contributed by atoms with Gasteiger partial charge in [-0.1, -0.05) is 12.1 Å². The Hall–Kier alpha value is -1.95. The highest BCUT2D eigenvalue weighted by atomic mass is 19.1. The van der Waals surface area contributed by atoms with Crippen LogP contribution in [0.4, 0.5) is 4.39 Å². The van der Waals surface area contributed by atoms with Crippen LogP contribution in [0.25, 0.3) is 0 Å². The minimum Gasteiger partial charge on any atom is -0.378 e. The molecule has 1 aliphatic heterocycles. The van der Waals surface area contributed by atoms with E-state index in [4.69, 9.17) is 4.74 Å². The van der Waals surface area contributed by atoms with Crippen LogP contribution in [0.3, 0.4) is 0 Å². The average Bonchev–Trinajstić information content (AvgIpc) is 2.50. The molecule has 1 aliphatic rings. The summed E-state index contributed by atoms with van der Waals surface area (Å²) in [6.07, 6.45) is 0.208. The van der Waals surface area contributed by atoms with E-state index in [-0.39, 0.29) is 24.4 Å². The number of halogens is 1. The molecule has 0 aliphatic carbocycles. The first kappa shape index (κ1) is 15.4. The van der Waals surface area contributed by atoms with E-state index in [1.807, 2.05) is 0 Å². The first-order valence-corrected chi connectivity index (χ1v) is 6.98. The quantitative estimate of drug-likeness (QED) is 0.905. The summed E-state index contributed by atoms with van der Waals surface area (Å²) in [6, 6.07) is 4.67. The van der Waals surface area contributed by atoms with Gasteiger partial charge in [0.1, 0.15) is 5.82 Å². The summed E-state index contributed by atoms with van der Waals surface area (Å²) in [4.78, 5) is 25.5. The van der Waals surface area contributed by atoms with Gasteiger partial charge in [-0.05, 0) is 18.6 Å². The predicted octanol–water partition coefficient (Wildman–Crippen LogP) is 1.11. The van der Waals surface area contributed by atoms with Crippen LogP contribution in [0, 0.1) is 12.7 Å². The number of ether oxygens (including phenoxy) is 1. The molecule has 0 spiro atoms. The number of carbonyl (C=O) groups excluding carboxylic acids is 2. The molecule has 0 atom stereocenters.